The van der Waals surface area contributed by atoms with Crippen LogP contribution in [-0.2, 0) is 6.54 Å². The molecule has 1 heterocycles. The summed E-state index contributed by atoms with van der Waals surface area (Å²) in [6.45, 7) is 5.27. The lowest BCUT2D eigenvalue weighted by molar-refractivity contribution is 0.533. The minimum atomic E-state index is 0.173. The van der Waals surface area contributed by atoms with E-state index in [1.807, 2.05) is 13.2 Å². The number of benzene rings is 1. The molecule has 0 aliphatic carbocycles. The number of rotatable bonds is 5. The van der Waals surface area contributed by atoms with Gasteiger partial charge in [0, 0.05) is 17.2 Å². The van der Waals surface area contributed by atoms with Gasteiger partial charge in [0.05, 0.1) is 11.7 Å². The zero-order valence-corrected chi connectivity index (χ0v) is 13.2. The standard InChI is InChI=1S/C15H20BrN3/c1-4-10-19-14(8-9-18-19)15(17-3)12-6-5-7-13(16)11(12)2/h5-9,15,17H,4,10H2,1-3H3. The molecule has 1 aromatic heterocycles. The topological polar surface area (TPSA) is 29.9 Å². The Morgan fingerprint density at radius 2 is 2.16 bits per heavy atom. The number of halogens is 1. The van der Waals surface area contributed by atoms with Gasteiger partial charge in [-0.2, -0.15) is 5.10 Å². The second-order valence-electron chi connectivity index (χ2n) is 4.65. The SMILES string of the molecule is CCCn1nccc1C(NC)c1cccc(Br)c1C. The van der Waals surface area contributed by atoms with E-state index in [0.29, 0.717) is 0 Å². The predicted octanol–water partition coefficient (Wildman–Crippen LogP) is 3.67. The van der Waals surface area contributed by atoms with Crippen molar-refractivity contribution in [1.82, 2.24) is 15.1 Å². The summed E-state index contributed by atoms with van der Waals surface area (Å²) < 4.78 is 3.23. The van der Waals surface area contributed by atoms with Crippen LogP contribution in [0, 0.1) is 6.92 Å². The van der Waals surface area contributed by atoms with Gasteiger partial charge in [-0.25, -0.2) is 0 Å². The van der Waals surface area contributed by atoms with Gasteiger partial charge in [-0.3, -0.25) is 4.68 Å². The zero-order valence-electron chi connectivity index (χ0n) is 11.7. The number of nitrogens with one attached hydrogen (secondary N) is 1. The van der Waals surface area contributed by atoms with Gasteiger partial charge in [-0.15, -0.1) is 0 Å². The van der Waals surface area contributed by atoms with Crippen LogP contribution in [0.2, 0.25) is 0 Å². The summed E-state index contributed by atoms with van der Waals surface area (Å²) in [5.74, 6) is 0. The Hall–Kier alpha value is -1.13. The maximum Gasteiger partial charge on any atom is 0.0748 e. The number of hydrogen-bond acceptors (Lipinski definition) is 2. The summed E-state index contributed by atoms with van der Waals surface area (Å²) in [7, 11) is 1.99. The molecule has 0 fully saturated rings. The van der Waals surface area contributed by atoms with Crippen molar-refractivity contribution in [2.45, 2.75) is 32.9 Å². The highest BCUT2D eigenvalue weighted by Gasteiger charge is 2.18. The van der Waals surface area contributed by atoms with Crippen LogP contribution in [0.4, 0.5) is 0 Å². The molecule has 4 heteroatoms. The minimum Gasteiger partial charge on any atom is -0.308 e. The third-order valence-corrected chi connectivity index (χ3v) is 4.25. The fourth-order valence-electron chi connectivity index (χ4n) is 2.39. The van der Waals surface area contributed by atoms with Gasteiger partial charge in [0.2, 0.25) is 0 Å². The monoisotopic (exact) mass is 321 g/mol. The smallest absolute Gasteiger partial charge is 0.0748 e. The van der Waals surface area contributed by atoms with Crippen molar-refractivity contribution >= 4 is 15.9 Å². The van der Waals surface area contributed by atoms with E-state index in [1.54, 1.807) is 0 Å². The molecule has 0 spiro atoms. The van der Waals surface area contributed by atoms with Crippen molar-refractivity contribution in [3.8, 4) is 0 Å². The van der Waals surface area contributed by atoms with E-state index in [2.05, 4.69) is 69.1 Å². The molecule has 0 radical (unpaired) electrons. The van der Waals surface area contributed by atoms with Gasteiger partial charge in [0.25, 0.3) is 0 Å². The van der Waals surface area contributed by atoms with Crippen LogP contribution in [-0.4, -0.2) is 16.8 Å². The molecule has 2 rings (SSSR count). The molecule has 1 aromatic carbocycles. The molecule has 0 bridgehead atoms. The molecule has 1 unspecified atom stereocenters. The van der Waals surface area contributed by atoms with Gasteiger partial charge >= 0.3 is 0 Å². The van der Waals surface area contributed by atoms with Crippen LogP contribution in [0.25, 0.3) is 0 Å². The highest BCUT2D eigenvalue weighted by atomic mass is 79.9. The van der Waals surface area contributed by atoms with Crippen molar-refractivity contribution in [2.24, 2.45) is 0 Å². The first kappa shape index (κ1) is 14.3. The number of aromatic nitrogens is 2. The van der Waals surface area contributed by atoms with Crippen LogP contribution in [0.5, 0.6) is 0 Å². The van der Waals surface area contributed by atoms with Gasteiger partial charge in [-0.1, -0.05) is 35.0 Å². The molecule has 3 nitrogen and oxygen atoms in total. The fourth-order valence-corrected chi connectivity index (χ4v) is 2.77. The van der Waals surface area contributed by atoms with Crippen molar-refractivity contribution < 1.29 is 0 Å². The summed E-state index contributed by atoms with van der Waals surface area (Å²) in [6, 6.07) is 8.60. The molecule has 102 valence electrons. The van der Waals surface area contributed by atoms with Crippen LogP contribution >= 0.6 is 15.9 Å². The maximum absolute atomic E-state index is 4.42. The Bertz CT molecular complexity index is 548. The molecule has 0 aliphatic rings. The first-order chi connectivity index (χ1) is 9.19. The number of aryl methyl sites for hydroxylation is 1. The van der Waals surface area contributed by atoms with Gasteiger partial charge in [0.15, 0.2) is 0 Å². The summed E-state index contributed by atoms with van der Waals surface area (Å²) in [5.41, 5.74) is 3.77. The van der Waals surface area contributed by atoms with E-state index in [9.17, 15) is 0 Å². The summed E-state index contributed by atoms with van der Waals surface area (Å²) in [6.07, 6.45) is 2.96. The average Bonchev–Trinajstić information content (AvgIpc) is 2.84. The Labute approximate surface area is 123 Å². The highest BCUT2D eigenvalue weighted by Crippen LogP contribution is 2.28. The molecule has 2 aromatic rings. The lowest BCUT2D eigenvalue weighted by atomic mass is 9.99. The Balaban J connectivity index is 2.44. The van der Waals surface area contributed by atoms with Crippen molar-refractivity contribution in [1.29, 1.82) is 0 Å². The summed E-state index contributed by atoms with van der Waals surface area (Å²) >= 11 is 3.61. The van der Waals surface area contributed by atoms with E-state index in [-0.39, 0.29) is 6.04 Å². The fraction of sp³-hybridized carbons (Fsp3) is 0.400. The Morgan fingerprint density at radius 3 is 2.84 bits per heavy atom. The van der Waals surface area contributed by atoms with Crippen LogP contribution in [0.1, 0.15) is 36.2 Å². The third kappa shape index (κ3) is 2.90. The lowest BCUT2D eigenvalue weighted by Gasteiger charge is -2.21. The Kier molecular flexibility index (Phi) is 4.77. The summed E-state index contributed by atoms with van der Waals surface area (Å²) in [5, 5.41) is 7.82. The molecule has 1 N–H and O–H groups in total. The molecule has 1 atom stereocenters. The van der Waals surface area contributed by atoms with E-state index < -0.39 is 0 Å². The summed E-state index contributed by atoms with van der Waals surface area (Å²) in [4.78, 5) is 0. The predicted molar refractivity (Wildman–Crippen MR) is 82.3 cm³/mol. The van der Waals surface area contributed by atoms with Gasteiger partial charge < -0.3 is 5.32 Å². The van der Waals surface area contributed by atoms with Crippen LogP contribution in [0.15, 0.2) is 34.9 Å². The average molecular weight is 322 g/mol. The number of nitrogens with zero attached hydrogens (tertiary/aromatic N) is 2. The maximum atomic E-state index is 4.42. The first-order valence-electron chi connectivity index (χ1n) is 6.63. The highest BCUT2D eigenvalue weighted by molar-refractivity contribution is 9.10. The Morgan fingerprint density at radius 1 is 1.37 bits per heavy atom. The lowest BCUT2D eigenvalue weighted by Crippen LogP contribution is -2.22. The van der Waals surface area contributed by atoms with Crippen molar-refractivity contribution in [2.75, 3.05) is 7.05 Å². The molecule has 0 saturated carbocycles. The van der Waals surface area contributed by atoms with Gasteiger partial charge in [0.1, 0.15) is 0 Å². The molecule has 0 amide bonds. The van der Waals surface area contributed by atoms with Crippen molar-refractivity contribution in [3.05, 3.63) is 51.8 Å². The molecular formula is C15H20BrN3. The number of hydrogen-bond donors (Lipinski definition) is 1. The van der Waals surface area contributed by atoms with E-state index >= 15 is 0 Å². The van der Waals surface area contributed by atoms with Crippen LogP contribution in [0.3, 0.4) is 0 Å². The van der Waals surface area contributed by atoms with E-state index in [1.165, 1.54) is 16.8 Å². The zero-order chi connectivity index (χ0) is 13.8. The van der Waals surface area contributed by atoms with Gasteiger partial charge in [-0.05, 0) is 43.7 Å². The molecule has 0 saturated heterocycles. The third-order valence-electron chi connectivity index (χ3n) is 3.39. The molecule has 0 aliphatic heterocycles. The quantitative estimate of drug-likeness (QED) is 0.910. The molecule has 19 heavy (non-hydrogen) atoms. The normalized spacial score (nSPS) is 12.6. The van der Waals surface area contributed by atoms with Crippen LogP contribution < -0.4 is 5.32 Å². The molecular weight excluding hydrogens is 302 g/mol. The van der Waals surface area contributed by atoms with E-state index in [0.717, 1.165) is 17.4 Å². The minimum absolute atomic E-state index is 0.173. The second-order valence-corrected chi connectivity index (χ2v) is 5.51. The van der Waals surface area contributed by atoms with Crippen molar-refractivity contribution in [3.63, 3.8) is 0 Å². The van der Waals surface area contributed by atoms with E-state index in [4.69, 9.17) is 0 Å². The second kappa shape index (κ2) is 6.35. The first-order valence-corrected chi connectivity index (χ1v) is 7.42. The largest absolute Gasteiger partial charge is 0.308 e.